The van der Waals surface area contributed by atoms with Crippen LogP contribution < -0.4 is 9.47 Å². The Labute approximate surface area is 160 Å². The monoisotopic (exact) mass is 397 g/mol. The fraction of sp³-hybridized carbons (Fsp3) is 0.316. The third-order valence-electron chi connectivity index (χ3n) is 3.99. The third kappa shape index (κ3) is 5.55. The highest BCUT2D eigenvalue weighted by atomic mass is 35.5. The molecule has 1 aliphatic heterocycles. The summed E-state index contributed by atoms with van der Waals surface area (Å²) in [6.07, 6.45) is -0.414. The summed E-state index contributed by atoms with van der Waals surface area (Å²) in [5.74, 6) is -1.16. The molecule has 1 heterocycles. The molecule has 0 aliphatic carbocycles. The minimum Gasteiger partial charge on any atom is -0.488 e. The largest absolute Gasteiger partial charge is 0.488 e. The second-order valence-corrected chi connectivity index (χ2v) is 6.40. The highest BCUT2D eigenvalue weighted by Gasteiger charge is 2.25. The van der Waals surface area contributed by atoms with E-state index < -0.39 is 17.7 Å². The molecule has 0 aromatic heterocycles. The molecule has 1 amide bonds. The molecule has 2 aromatic rings. The minimum absolute atomic E-state index is 0.0460. The summed E-state index contributed by atoms with van der Waals surface area (Å²) in [4.78, 5) is 13.9. The van der Waals surface area contributed by atoms with Crippen LogP contribution >= 0.6 is 11.6 Å². The normalized spacial score (nSPS) is 16.9. The Hall–Kier alpha value is -2.38. The molecule has 1 atom stereocenters. The van der Waals surface area contributed by atoms with Crippen molar-refractivity contribution >= 4 is 17.5 Å². The van der Waals surface area contributed by atoms with Gasteiger partial charge in [-0.15, -0.1) is 0 Å². The molecule has 0 radical (unpaired) electrons. The Kier molecular flexibility index (Phi) is 6.47. The van der Waals surface area contributed by atoms with Crippen molar-refractivity contribution in [2.45, 2.75) is 6.10 Å². The lowest BCUT2D eigenvalue weighted by molar-refractivity contribution is -0.142. The molecule has 0 spiro atoms. The topological polar surface area (TPSA) is 48.0 Å². The van der Waals surface area contributed by atoms with Crippen molar-refractivity contribution in [3.05, 3.63) is 59.1 Å². The standard InChI is InChI=1S/C19H18ClF2NO4/c20-13-1-4-15(5-2-13)26-12-19(24)23-7-8-25-16(10-23)11-27-18-6-3-14(21)9-17(18)22/h1-6,9,16H,7-8,10-12H2. The number of rotatable bonds is 6. The van der Waals surface area contributed by atoms with Crippen LogP contribution in [0.4, 0.5) is 8.78 Å². The molecule has 3 rings (SSSR count). The summed E-state index contributed by atoms with van der Waals surface area (Å²) >= 11 is 5.81. The van der Waals surface area contributed by atoms with E-state index in [2.05, 4.69) is 0 Å². The lowest BCUT2D eigenvalue weighted by atomic mass is 10.2. The van der Waals surface area contributed by atoms with Gasteiger partial charge < -0.3 is 19.1 Å². The Bertz CT molecular complexity index is 788. The summed E-state index contributed by atoms with van der Waals surface area (Å²) in [5, 5.41) is 0.585. The average molecular weight is 398 g/mol. The molecule has 0 N–H and O–H groups in total. The van der Waals surface area contributed by atoms with E-state index in [4.69, 9.17) is 25.8 Å². The van der Waals surface area contributed by atoms with Crippen LogP contribution in [0.2, 0.25) is 5.02 Å². The van der Waals surface area contributed by atoms with Gasteiger partial charge >= 0.3 is 0 Å². The number of morpholine rings is 1. The second-order valence-electron chi connectivity index (χ2n) is 5.96. The molecule has 27 heavy (non-hydrogen) atoms. The first-order chi connectivity index (χ1) is 13.0. The fourth-order valence-electron chi connectivity index (χ4n) is 2.59. The third-order valence-corrected chi connectivity index (χ3v) is 4.24. The first-order valence-electron chi connectivity index (χ1n) is 8.37. The van der Waals surface area contributed by atoms with Crippen molar-refractivity contribution < 1.29 is 27.8 Å². The Balaban J connectivity index is 1.48. The van der Waals surface area contributed by atoms with Crippen LogP contribution in [0.25, 0.3) is 0 Å². The van der Waals surface area contributed by atoms with Crippen molar-refractivity contribution in [3.63, 3.8) is 0 Å². The van der Waals surface area contributed by atoms with Crippen LogP contribution in [0.1, 0.15) is 0 Å². The zero-order valence-electron chi connectivity index (χ0n) is 14.4. The molecule has 144 valence electrons. The van der Waals surface area contributed by atoms with Gasteiger partial charge in [0.05, 0.1) is 13.2 Å². The van der Waals surface area contributed by atoms with Gasteiger partial charge in [0.15, 0.2) is 18.2 Å². The van der Waals surface area contributed by atoms with Gasteiger partial charge in [-0.05, 0) is 36.4 Å². The van der Waals surface area contributed by atoms with E-state index >= 15 is 0 Å². The van der Waals surface area contributed by atoms with Crippen molar-refractivity contribution in [2.75, 3.05) is 32.9 Å². The predicted molar refractivity (Wildman–Crippen MR) is 95.1 cm³/mol. The number of ether oxygens (including phenoxy) is 3. The van der Waals surface area contributed by atoms with Gasteiger partial charge in [-0.25, -0.2) is 8.78 Å². The number of halogens is 3. The van der Waals surface area contributed by atoms with Gasteiger partial charge in [0.1, 0.15) is 24.3 Å². The fourth-order valence-corrected chi connectivity index (χ4v) is 2.71. The van der Waals surface area contributed by atoms with Gasteiger partial charge in [0.25, 0.3) is 5.91 Å². The smallest absolute Gasteiger partial charge is 0.260 e. The molecule has 0 saturated carbocycles. The number of hydrogen-bond donors (Lipinski definition) is 0. The molecule has 1 unspecified atom stereocenters. The maximum absolute atomic E-state index is 13.6. The highest BCUT2D eigenvalue weighted by molar-refractivity contribution is 6.30. The van der Waals surface area contributed by atoms with Crippen molar-refractivity contribution in [1.82, 2.24) is 4.90 Å². The highest BCUT2D eigenvalue weighted by Crippen LogP contribution is 2.19. The Morgan fingerprint density at radius 1 is 1.19 bits per heavy atom. The van der Waals surface area contributed by atoms with Crippen LogP contribution in [-0.4, -0.2) is 49.8 Å². The number of carbonyl (C=O) groups is 1. The van der Waals surface area contributed by atoms with E-state index in [1.165, 1.54) is 6.07 Å². The molecule has 1 aliphatic rings. The molecule has 8 heteroatoms. The van der Waals surface area contributed by atoms with E-state index in [-0.39, 0.29) is 24.9 Å². The number of hydrogen-bond acceptors (Lipinski definition) is 4. The van der Waals surface area contributed by atoms with E-state index in [9.17, 15) is 13.6 Å². The zero-order chi connectivity index (χ0) is 19.2. The molecular weight excluding hydrogens is 380 g/mol. The summed E-state index contributed by atoms with van der Waals surface area (Å²) in [6.45, 7) is 1.01. The molecule has 5 nitrogen and oxygen atoms in total. The minimum atomic E-state index is -0.782. The molecule has 1 fully saturated rings. The van der Waals surface area contributed by atoms with Crippen molar-refractivity contribution in [2.24, 2.45) is 0 Å². The average Bonchev–Trinajstić information content (AvgIpc) is 2.67. The number of nitrogens with zero attached hydrogens (tertiary/aromatic N) is 1. The molecule has 0 bridgehead atoms. The number of benzene rings is 2. The first-order valence-corrected chi connectivity index (χ1v) is 8.74. The number of amides is 1. The summed E-state index contributed by atoms with van der Waals surface area (Å²) in [7, 11) is 0. The van der Waals surface area contributed by atoms with Gasteiger partial charge in [0, 0.05) is 17.6 Å². The Morgan fingerprint density at radius 3 is 2.70 bits per heavy atom. The maximum atomic E-state index is 13.6. The van der Waals surface area contributed by atoms with Crippen LogP contribution in [-0.2, 0) is 9.53 Å². The SMILES string of the molecule is O=C(COc1ccc(Cl)cc1)N1CCOC(COc2ccc(F)cc2F)C1. The lowest BCUT2D eigenvalue weighted by Gasteiger charge is -2.32. The van der Waals surface area contributed by atoms with Gasteiger partial charge in [0.2, 0.25) is 0 Å². The van der Waals surface area contributed by atoms with E-state index in [1.807, 2.05) is 0 Å². The van der Waals surface area contributed by atoms with Crippen LogP contribution in [0, 0.1) is 11.6 Å². The maximum Gasteiger partial charge on any atom is 0.260 e. The van der Waals surface area contributed by atoms with E-state index in [0.29, 0.717) is 30.5 Å². The molecular formula is C19H18ClF2NO4. The second kappa shape index (κ2) is 9.01. The molecule has 1 saturated heterocycles. The summed E-state index contributed by atoms with van der Waals surface area (Å²) < 4.78 is 42.9. The van der Waals surface area contributed by atoms with Crippen molar-refractivity contribution in [3.8, 4) is 11.5 Å². The van der Waals surface area contributed by atoms with Gasteiger partial charge in [-0.1, -0.05) is 11.6 Å². The van der Waals surface area contributed by atoms with Crippen molar-refractivity contribution in [1.29, 1.82) is 0 Å². The molecule has 2 aromatic carbocycles. The van der Waals surface area contributed by atoms with Crippen LogP contribution in [0.5, 0.6) is 11.5 Å². The van der Waals surface area contributed by atoms with Crippen LogP contribution in [0.3, 0.4) is 0 Å². The summed E-state index contributed by atoms with van der Waals surface area (Å²) in [6, 6.07) is 9.81. The lowest BCUT2D eigenvalue weighted by Crippen LogP contribution is -2.49. The zero-order valence-corrected chi connectivity index (χ0v) is 15.1. The van der Waals surface area contributed by atoms with Gasteiger partial charge in [-0.3, -0.25) is 4.79 Å². The quantitative estimate of drug-likeness (QED) is 0.750. The Morgan fingerprint density at radius 2 is 1.96 bits per heavy atom. The van der Waals surface area contributed by atoms with E-state index in [0.717, 1.165) is 12.1 Å². The van der Waals surface area contributed by atoms with Crippen LogP contribution in [0.15, 0.2) is 42.5 Å². The predicted octanol–water partition coefficient (Wildman–Crippen LogP) is 3.30. The summed E-state index contributed by atoms with van der Waals surface area (Å²) in [5.41, 5.74) is 0. The number of carbonyl (C=O) groups excluding carboxylic acids is 1. The van der Waals surface area contributed by atoms with E-state index in [1.54, 1.807) is 29.2 Å². The first kappa shape index (κ1) is 19.4. The van der Waals surface area contributed by atoms with Gasteiger partial charge in [-0.2, -0.15) is 0 Å².